The normalized spacial score (nSPS) is 16.1. The Kier molecular flexibility index (Phi) is 4.81. The molecule has 1 fully saturated rings. The Morgan fingerprint density at radius 2 is 2.11 bits per heavy atom. The molecule has 2 rings (SSSR count). The second-order valence-electron chi connectivity index (χ2n) is 5.13. The minimum Gasteiger partial charge on any atom is -0.396 e. The lowest BCUT2D eigenvalue weighted by atomic mass is 10.2. The third-order valence-electron chi connectivity index (χ3n) is 3.45. The molecule has 1 saturated heterocycles. The molecule has 4 nitrogen and oxygen atoms in total. The molecule has 0 radical (unpaired) electrons. The van der Waals surface area contributed by atoms with Gasteiger partial charge in [-0.3, -0.25) is 0 Å². The summed E-state index contributed by atoms with van der Waals surface area (Å²) in [5.41, 5.74) is 7.75. The summed E-state index contributed by atoms with van der Waals surface area (Å²) < 4.78 is 0. The van der Waals surface area contributed by atoms with Crippen LogP contribution in [-0.4, -0.2) is 36.1 Å². The van der Waals surface area contributed by atoms with Gasteiger partial charge >= 0.3 is 0 Å². The zero-order valence-corrected chi connectivity index (χ0v) is 11.3. The summed E-state index contributed by atoms with van der Waals surface area (Å²) in [6.07, 6.45) is 7.03. The van der Waals surface area contributed by atoms with Gasteiger partial charge in [-0.15, -0.1) is 0 Å². The van der Waals surface area contributed by atoms with Crippen LogP contribution in [0.1, 0.15) is 31.2 Å². The third kappa shape index (κ3) is 3.88. The average molecular weight is 248 g/mol. The average Bonchev–Trinajstić information content (AvgIpc) is 2.84. The Morgan fingerprint density at radius 1 is 1.33 bits per heavy atom. The summed E-state index contributed by atoms with van der Waals surface area (Å²) in [6, 6.07) is 1.96. The maximum atomic E-state index is 5.90. The van der Waals surface area contributed by atoms with E-state index in [1.165, 1.54) is 45.3 Å². The SMILES string of the molecule is Cc1cnc(NCCCCN2CCCC2)c(N)c1. The van der Waals surface area contributed by atoms with E-state index in [0.717, 1.165) is 23.6 Å². The third-order valence-corrected chi connectivity index (χ3v) is 3.45. The van der Waals surface area contributed by atoms with Gasteiger partial charge in [0.1, 0.15) is 5.82 Å². The van der Waals surface area contributed by atoms with Crippen molar-refractivity contribution in [2.75, 3.05) is 37.2 Å². The van der Waals surface area contributed by atoms with Crippen molar-refractivity contribution in [2.45, 2.75) is 32.6 Å². The van der Waals surface area contributed by atoms with Crippen molar-refractivity contribution >= 4 is 11.5 Å². The number of nitrogens with zero attached hydrogens (tertiary/aromatic N) is 2. The number of pyridine rings is 1. The molecular formula is C14H24N4. The fourth-order valence-electron chi connectivity index (χ4n) is 2.41. The molecule has 0 saturated carbocycles. The van der Waals surface area contributed by atoms with Gasteiger partial charge in [-0.25, -0.2) is 4.98 Å². The number of nitrogens with two attached hydrogens (primary N) is 1. The van der Waals surface area contributed by atoms with E-state index in [4.69, 9.17) is 5.73 Å². The first-order chi connectivity index (χ1) is 8.75. The summed E-state index contributed by atoms with van der Waals surface area (Å²) in [7, 11) is 0. The Morgan fingerprint density at radius 3 is 2.83 bits per heavy atom. The molecule has 0 atom stereocenters. The van der Waals surface area contributed by atoms with Crippen molar-refractivity contribution in [3.8, 4) is 0 Å². The molecular weight excluding hydrogens is 224 g/mol. The van der Waals surface area contributed by atoms with Gasteiger partial charge in [0.05, 0.1) is 5.69 Å². The van der Waals surface area contributed by atoms with E-state index in [1.807, 2.05) is 19.2 Å². The van der Waals surface area contributed by atoms with Crippen molar-refractivity contribution < 1.29 is 0 Å². The number of likely N-dealkylation sites (tertiary alicyclic amines) is 1. The Bertz CT molecular complexity index is 372. The smallest absolute Gasteiger partial charge is 0.149 e. The van der Waals surface area contributed by atoms with Crippen molar-refractivity contribution in [3.63, 3.8) is 0 Å². The summed E-state index contributed by atoms with van der Waals surface area (Å²) in [5.74, 6) is 0.821. The molecule has 0 spiro atoms. The molecule has 18 heavy (non-hydrogen) atoms. The predicted octanol–water partition coefficient (Wildman–Crippen LogP) is 2.26. The number of rotatable bonds is 6. The molecule has 1 aromatic rings. The lowest BCUT2D eigenvalue weighted by Gasteiger charge is -2.14. The van der Waals surface area contributed by atoms with Crippen LogP contribution in [0.15, 0.2) is 12.3 Å². The van der Waals surface area contributed by atoms with Gasteiger partial charge in [0, 0.05) is 12.7 Å². The Labute approximate surface area is 110 Å². The maximum Gasteiger partial charge on any atom is 0.149 e. The van der Waals surface area contributed by atoms with E-state index in [0.29, 0.717) is 0 Å². The molecule has 4 heteroatoms. The summed E-state index contributed by atoms with van der Waals surface area (Å²) in [6.45, 7) is 6.77. The topological polar surface area (TPSA) is 54.2 Å². The molecule has 1 aliphatic rings. The summed E-state index contributed by atoms with van der Waals surface area (Å²) >= 11 is 0. The van der Waals surface area contributed by atoms with E-state index < -0.39 is 0 Å². The molecule has 0 amide bonds. The minimum atomic E-state index is 0.745. The first-order valence-electron chi connectivity index (χ1n) is 6.94. The van der Waals surface area contributed by atoms with Crippen molar-refractivity contribution in [1.82, 2.24) is 9.88 Å². The lowest BCUT2D eigenvalue weighted by Crippen LogP contribution is -2.21. The molecule has 0 bridgehead atoms. The zero-order valence-electron chi connectivity index (χ0n) is 11.3. The number of aryl methyl sites for hydroxylation is 1. The predicted molar refractivity (Wildman–Crippen MR) is 76.8 cm³/mol. The van der Waals surface area contributed by atoms with Crippen LogP contribution >= 0.6 is 0 Å². The monoisotopic (exact) mass is 248 g/mol. The largest absolute Gasteiger partial charge is 0.396 e. The van der Waals surface area contributed by atoms with E-state index in [2.05, 4.69) is 15.2 Å². The quantitative estimate of drug-likeness (QED) is 0.758. The minimum absolute atomic E-state index is 0.745. The Balaban J connectivity index is 1.62. The number of aromatic nitrogens is 1. The van der Waals surface area contributed by atoms with E-state index in [1.54, 1.807) is 0 Å². The Hall–Kier alpha value is -1.29. The van der Waals surface area contributed by atoms with Gasteiger partial charge < -0.3 is 16.0 Å². The van der Waals surface area contributed by atoms with Gasteiger partial charge in [0.25, 0.3) is 0 Å². The van der Waals surface area contributed by atoms with E-state index in [9.17, 15) is 0 Å². The fourth-order valence-corrected chi connectivity index (χ4v) is 2.41. The van der Waals surface area contributed by atoms with Crippen molar-refractivity contribution in [1.29, 1.82) is 0 Å². The standard InChI is InChI=1S/C14H24N4/c1-12-10-13(15)14(17-11-12)16-6-2-3-7-18-8-4-5-9-18/h10-11H,2-9,15H2,1H3,(H,16,17). The lowest BCUT2D eigenvalue weighted by molar-refractivity contribution is 0.331. The van der Waals surface area contributed by atoms with Crippen LogP contribution in [0.2, 0.25) is 0 Å². The van der Waals surface area contributed by atoms with Gasteiger partial charge in [0.2, 0.25) is 0 Å². The molecule has 0 aromatic carbocycles. The second-order valence-corrected chi connectivity index (χ2v) is 5.13. The van der Waals surface area contributed by atoms with Gasteiger partial charge in [-0.1, -0.05) is 0 Å². The first kappa shape index (κ1) is 13.1. The van der Waals surface area contributed by atoms with Crippen molar-refractivity contribution in [2.24, 2.45) is 0 Å². The molecule has 100 valence electrons. The number of anilines is 2. The summed E-state index contributed by atoms with van der Waals surface area (Å²) in [4.78, 5) is 6.86. The highest BCUT2D eigenvalue weighted by Crippen LogP contribution is 2.15. The van der Waals surface area contributed by atoms with Crippen LogP contribution in [0, 0.1) is 6.92 Å². The van der Waals surface area contributed by atoms with Gasteiger partial charge in [-0.05, 0) is 63.9 Å². The highest BCUT2D eigenvalue weighted by atomic mass is 15.1. The molecule has 2 heterocycles. The van der Waals surface area contributed by atoms with E-state index >= 15 is 0 Å². The zero-order chi connectivity index (χ0) is 12.8. The van der Waals surface area contributed by atoms with Gasteiger partial charge in [-0.2, -0.15) is 0 Å². The van der Waals surface area contributed by atoms with Crippen LogP contribution in [0.25, 0.3) is 0 Å². The van der Waals surface area contributed by atoms with Crippen LogP contribution in [-0.2, 0) is 0 Å². The van der Waals surface area contributed by atoms with E-state index in [-0.39, 0.29) is 0 Å². The molecule has 1 aromatic heterocycles. The van der Waals surface area contributed by atoms with Crippen LogP contribution in [0.4, 0.5) is 11.5 Å². The van der Waals surface area contributed by atoms with Crippen molar-refractivity contribution in [3.05, 3.63) is 17.8 Å². The first-order valence-corrected chi connectivity index (χ1v) is 6.94. The molecule has 3 N–H and O–H groups in total. The molecule has 0 aliphatic carbocycles. The highest BCUT2D eigenvalue weighted by Gasteiger charge is 2.10. The highest BCUT2D eigenvalue weighted by molar-refractivity contribution is 5.61. The fraction of sp³-hybridized carbons (Fsp3) is 0.643. The number of hydrogen-bond donors (Lipinski definition) is 2. The number of hydrogen-bond acceptors (Lipinski definition) is 4. The van der Waals surface area contributed by atoms with Crippen LogP contribution in [0.3, 0.4) is 0 Å². The summed E-state index contributed by atoms with van der Waals surface area (Å²) in [5, 5.41) is 3.31. The van der Waals surface area contributed by atoms with Gasteiger partial charge in [0.15, 0.2) is 0 Å². The molecule has 0 unspecified atom stereocenters. The maximum absolute atomic E-state index is 5.90. The number of nitrogens with one attached hydrogen (secondary N) is 1. The number of nitrogen functional groups attached to an aromatic ring is 1. The van der Waals surface area contributed by atoms with Crippen LogP contribution in [0.5, 0.6) is 0 Å². The van der Waals surface area contributed by atoms with Crippen LogP contribution < -0.4 is 11.1 Å². The second kappa shape index (κ2) is 6.59. The molecule has 1 aliphatic heterocycles. The number of unbranched alkanes of at least 4 members (excludes halogenated alkanes) is 1.